The molecule has 0 unspecified atom stereocenters. The average Bonchev–Trinajstić information content (AvgIpc) is 2.84. The van der Waals surface area contributed by atoms with Gasteiger partial charge in [0.2, 0.25) is 5.95 Å². The first-order valence-corrected chi connectivity index (χ1v) is 5.29. The van der Waals surface area contributed by atoms with Crippen LogP contribution in [0.25, 0.3) is 16.7 Å². The molecule has 0 saturated carbocycles. The van der Waals surface area contributed by atoms with E-state index in [9.17, 15) is 4.79 Å². The third kappa shape index (κ3) is 1.54. The molecule has 0 atom stereocenters. The van der Waals surface area contributed by atoms with Crippen molar-refractivity contribution in [2.45, 2.75) is 0 Å². The predicted molar refractivity (Wildman–Crippen MR) is 67.3 cm³/mol. The zero-order valence-electron chi connectivity index (χ0n) is 9.29. The maximum Gasteiger partial charge on any atom is 0.263 e. The number of hydrazine groups is 1. The average molecular weight is 242 g/mol. The van der Waals surface area contributed by atoms with Crippen molar-refractivity contribution in [1.82, 2.24) is 19.7 Å². The van der Waals surface area contributed by atoms with E-state index >= 15 is 0 Å². The highest BCUT2D eigenvalue weighted by atomic mass is 16.1. The van der Waals surface area contributed by atoms with Crippen molar-refractivity contribution in [2.75, 3.05) is 5.43 Å². The van der Waals surface area contributed by atoms with Crippen molar-refractivity contribution in [1.29, 1.82) is 0 Å². The van der Waals surface area contributed by atoms with E-state index in [1.54, 1.807) is 4.68 Å². The number of fused-ring (bicyclic) bond motifs is 1. The molecule has 2 heterocycles. The Hall–Kier alpha value is -2.67. The lowest BCUT2D eigenvalue weighted by Crippen LogP contribution is -2.17. The summed E-state index contributed by atoms with van der Waals surface area (Å²) < 4.78 is 1.59. The number of benzene rings is 1. The zero-order valence-corrected chi connectivity index (χ0v) is 9.29. The minimum absolute atomic E-state index is 0.199. The maximum atomic E-state index is 11.8. The van der Waals surface area contributed by atoms with Crippen LogP contribution in [0.2, 0.25) is 0 Å². The largest absolute Gasteiger partial charge is 0.294 e. The fourth-order valence-electron chi connectivity index (χ4n) is 1.74. The van der Waals surface area contributed by atoms with E-state index in [0.717, 1.165) is 5.69 Å². The normalized spacial score (nSPS) is 10.7. The molecule has 0 aliphatic rings. The molecule has 1 aromatic carbocycles. The van der Waals surface area contributed by atoms with E-state index in [-0.39, 0.29) is 11.5 Å². The van der Waals surface area contributed by atoms with Crippen LogP contribution in [-0.2, 0) is 0 Å². The molecule has 0 amide bonds. The number of H-pyrrole nitrogens is 1. The summed E-state index contributed by atoms with van der Waals surface area (Å²) in [5, 5.41) is 4.58. The fraction of sp³-hybridized carbons (Fsp3) is 0. The maximum absolute atomic E-state index is 11.8. The summed E-state index contributed by atoms with van der Waals surface area (Å²) in [5.41, 5.74) is 3.32. The topological polar surface area (TPSA) is 102 Å². The number of para-hydroxylation sites is 1. The van der Waals surface area contributed by atoms with Gasteiger partial charge in [0, 0.05) is 0 Å². The Morgan fingerprint density at radius 1 is 1.28 bits per heavy atom. The van der Waals surface area contributed by atoms with E-state index in [4.69, 9.17) is 5.84 Å². The molecule has 18 heavy (non-hydrogen) atoms. The highest BCUT2D eigenvalue weighted by Crippen LogP contribution is 2.13. The lowest BCUT2D eigenvalue weighted by Gasteiger charge is -2.03. The minimum Gasteiger partial charge on any atom is -0.294 e. The van der Waals surface area contributed by atoms with E-state index in [0.29, 0.717) is 11.0 Å². The standard InChI is InChI=1S/C11H10N6O/c12-16-11-14-9-8(10(18)15-11)6-13-17(9)7-4-2-1-3-5-7/h1-6H,12H2,(H2,14,15,16,18). The molecule has 3 rings (SSSR count). The second-order valence-corrected chi connectivity index (χ2v) is 3.69. The number of aromatic amines is 1. The number of nitrogens with two attached hydrogens (primary N) is 1. The Morgan fingerprint density at radius 2 is 2.06 bits per heavy atom. The van der Waals surface area contributed by atoms with Crippen molar-refractivity contribution in [3.8, 4) is 5.69 Å². The molecule has 7 nitrogen and oxygen atoms in total. The fourth-order valence-corrected chi connectivity index (χ4v) is 1.74. The van der Waals surface area contributed by atoms with Gasteiger partial charge in [0.1, 0.15) is 5.39 Å². The van der Waals surface area contributed by atoms with Crippen LogP contribution in [0.4, 0.5) is 5.95 Å². The van der Waals surface area contributed by atoms with Gasteiger partial charge in [0.15, 0.2) is 5.65 Å². The smallest absolute Gasteiger partial charge is 0.263 e. The molecular weight excluding hydrogens is 232 g/mol. The molecule has 0 bridgehead atoms. The third-order valence-electron chi connectivity index (χ3n) is 2.58. The Labute approximate surface area is 101 Å². The highest BCUT2D eigenvalue weighted by Gasteiger charge is 2.10. The molecule has 0 aliphatic heterocycles. The van der Waals surface area contributed by atoms with Crippen molar-refractivity contribution in [3.05, 3.63) is 46.9 Å². The Kier molecular flexibility index (Phi) is 2.31. The lowest BCUT2D eigenvalue weighted by atomic mass is 10.3. The molecule has 0 saturated heterocycles. The van der Waals surface area contributed by atoms with Gasteiger partial charge in [-0.25, -0.2) is 10.5 Å². The highest BCUT2D eigenvalue weighted by molar-refractivity contribution is 5.76. The number of aromatic nitrogens is 4. The first kappa shape index (κ1) is 10.5. The second-order valence-electron chi connectivity index (χ2n) is 3.69. The number of hydrogen-bond acceptors (Lipinski definition) is 5. The van der Waals surface area contributed by atoms with Gasteiger partial charge in [-0.3, -0.25) is 15.2 Å². The number of nitrogens with one attached hydrogen (secondary N) is 2. The van der Waals surface area contributed by atoms with Gasteiger partial charge < -0.3 is 0 Å². The number of nitrogen functional groups attached to an aromatic ring is 1. The van der Waals surface area contributed by atoms with E-state index < -0.39 is 0 Å². The molecule has 90 valence electrons. The number of hydrogen-bond donors (Lipinski definition) is 3. The van der Waals surface area contributed by atoms with Crippen LogP contribution in [0.5, 0.6) is 0 Å². The molecule has 0 fully saturated rings. The van der Waals surface area contributed by atoms with Gasteiger partial charge in [0.25, 0.3) is 5.56 Å². The lowest BCUT2D eigenvalue weighted by molar-refractivity contribution is 0.894. The zero-order chi connectivity index (χ0) is 12.5. The van der Waals surface area contributed by atoms with Crippen LogP contribution >= 0.6 is 0 Å². The molecule has 2 aromatic heterocycles. The van der Waals surface area contributed by atoms with Crippen LogP contribution in [0.15, 0.2) is 41.3 Å². The number of rotatable bonds is 2. The molecule has 0 aliphatic carbocycles. The molecule has 3 aromatic rings. The van der Waals surface area contributed by atoms with E-state index in [1.165, 1.54) is 6.20 Å². The summed E-state index contributed by atoms with van der Waals surface area (Å²) in [5.74, 6) is 5.45. The molecular formula is C11H10N6O. The summed E-state index contributed by atoms with van der Waals surface area (Å²) in [4.78, 5) is 18.5. The third-order valence-corrected chi connectivity index (χ3v) is 2.58. The monoisotopic (exact) mass is 242 g/mol. The minimum atomic E-state index is -0.282. The Morgan fingerprint density at radius 3 is 2.78 bits per heavy atom. The van der Waals surface area contributed by atoms with E-state index in [1.807, 2.05) is 30.3 Å². The second kappa shape index (κ2) is 3.97. The van der Waals surface area contributed by atoms with Crippen molar-refractivity contribution >= 4 is 17.0 Å². The molecule has 7 heteroatoms. The van der Waals surface area contributed by atoms with Crippen molar-refractivity contribution in [3.63, 3.8) is 0 Å². The summed E-state index contributed by atoms with van der Waals surface area (Å²) in [6.45, 7) is 0. The molecule has 4 N–H and O–H groups in total. The summed E-state index contributed by atoms with van der Waals surface area (Å²) in [6, 6.07) is 9.44. The Balaban J connectivity index is 2.32. The SMILES string of the molecule is NNc1nc2c(cnn2-c2ccccc2)c(=O)[nH]1. The van der Waals surface area contributed by atoms with Crippen molar-refractivity contribution < 1.29 is 0 Å². The first-order chi connectivity index (χ1) is 8.79. The van der Waals surface area contributed by atoms with Gasteiger partial charge >= 0.3 is 0 Å². The molecule has 0 radical (unpaired) electrons. The van der Waals surface area contributed by atoms with Crippen LogP contribution in [0.1, 0.15) is 0 Å². The number of nitrogens with zero attached hydrogens (tertiary/aromatic N) is 3. The predicted octanol–water partition coefficient (Wildman–Crippen LogP) is 0.394. The van der Waals surface area contributed by atoms with Crippen LogP contribution in [0, 0.1) is 0 Å². The van der Waals surface area contributed by atoms with Crippen LogP contribution in [-0.4, -0.2) is 19.7 Å². The van der Waals surface area contributed by atoms with Crippen LogP contribution in [0.3, 0.4) is 0 Å². The van der Waals surface area contributed by atoms with Gasteiger partial charge in [-0.05, 0) is 12.1 Å². The Bertz CT molecular complexity index is 745. The molecule has 0 spiro atoms. The van der Waals surface area contributed by atoms with Gasteiger partial charge in [-0.2, -0.15) is 10.1 Å². The number of anilines is 1. The van der Waals surface area contributed by atoms with Crippen molar-refractivity contribution in [2.24, 2.45) is 5.84 Å². The van der Waals surface area contributed by atoms with Gasteiger partial charge in [0.05, 0.1) is 11.9 Å². The van der Waals surface area contributed by atoms with E-state index in [2.05, 4.69) is 20.5 Å². The van der Waals surface area contributed by atoms with Gasteiger partial charge in [-0.15, -0.1) is 0 Å². The quantitative estimate of drug-likeness (QED) is 0.446. The first-order valence-electron chi connectivity index (χ1n) is 5.29. The summed E-state index contributed by atoms with van der Waals surface area (Å²) in [6.07, 6.45) is 1.48. The summed E-state index contributed by atoms with van der Waals surface area (Å²) >= 11 is 0. The summed E-state index contributed by atoms with van der Waals surface area (Å²) in [7, 11) is 0. The van der Waals surface area contributed by atoms with Crippen LogP contribution < -0.4 is 16.8 Å². The van der Waals surface area contributed by atoms with Gasteiger partial charge in [-0.1, -0.05) is 18.2 Å².